The molecule has 0 bridgehead atoms. The van der Waals surface area contributed by atoms with E-state index in [0.717, 1.165) is 13.1 Å². The van der Waals surface area contributed by atoms with Gasteiger partial charge >= 0.3 is 0 Å². The Hall–Kier alpha value is -0.500. The molecule has 0 aromatic heterocycles. The highest BCUT2D eigenvalue weighted by atomic mass is 15.3. The summed E-state index contributed by atoms with van der Waals surface area (Å²) < 4.78 is 0. The van der Waals surface area contributed by atoms with Crippen molar-refractivity contribution in [1.29, 1.82) is 0 Å². The van der Waals surface area contributed by atoms with E-state index in [-0.39, 0.29) is 0 Å². The molecule has 2 nitrogen and oxygen atoms in total. The zero-order valence-electron chi connectivity index (χ0n) is 9.59. The van der Waals surface area contributed by atoms with E-state index in [2.05, 4.69) is 51.2 Å². The number of hydrogen-bond acceptors (Lipinski definition) is 2. The Morgan fingerprint density at radius 1 is 1.31 bits per heavy atom. The Labute approximate surface area is 82.2 Å². The van der Waals surface area contributed by atoms with E-state index in [1.54, 1.807) is 0 Å². The van der Waals surface area contributed by atoms with Crippen LogP contribution < -0.4 is 0 Å². The molecule has 0 saturated carbocycles. The van der Waals surface area contributed by atoms with Crippen molar-refractivity contribution in [2.75, 3.05) is 27.2 Å². The van der Waals surface area contributed by atoms with Crippen molar-refractivity contribution in [2.24, 2.45) is 5.41 Å². The van der Waals surface area contributed by atoms with Crippen molar-refractivity contribution in [2.45, 2.75) is 26.8 Å². The van der Waals surface area contributed by atoms with Crippen molar-refractivity contribution >= 4 is 0 Å². The molecule has 1 aliphatic heterocycles. The third kappa shape index (κ3) is 2.25. The van der Waals surface area contributed by atoms with Crippen LogP contribution in [0.15, 0.2) is 12.3 Å². The van der Waals surface area contributed by atoms with Crippen LogP contribution in [0.1, 0.15) is 20.8 Å². The van der Waals surface area contributed by atoms with Gasteiger partial charge in [-0.15, -0.1) is 0 Å². The molecule has 0 aromatic carbocycles. The summed E-state index contributed by atoms with van der Waals surface area (Å²) in [4.78, 5) is 4.68. The summed E-state index contributed by atoms with van der Waals surface area (Å²) in [5.41, 5.74) is 1.58. The quantitative estimate of drug-likeness (QED) is 0.563. The van der Waals surface area contributed by atoms with Gasteiger partial charge in [0.1, 0.15) is 0 Å². The van der Waals surface area contributed by atoms with E-state index in [1.807, 2.05) is 0 Å². The minimum Gasteiger partial charge on any atom is -0.376 e. The molecule has 0 radical (unpaired) electrons. The zero-order valence-corrected chi connectivity index (χ0v) is 9.59. The van der Waals surface area contributed by atoms with Gasteiger partial charge in [-0.1, -0.05) is 27.4 Å². The van der Waals surface area contributed by atoms with E-state index >= 15 is 0 Å². The second-order valence-corrected chi connectivity index (χ2v) is 5.24. The van der Waals surface area contributed by atoms with Crippen molar-refractivity contribution in [3.8, 4) is 0 Å². The minimum absolute atomic E-state index is 0.351. The van der Waals surface area contributed by atoms with E-state index < -0.39 is 0 Å². The summed E-state index contributed by atoms with van der Waals surface area (Å²) in [7, 11) is 4.32. The molecule has 0 aliphatic carbocycles. The Morgan fingerprint density at radius 2 is 1.85 bits per heavy atom. The molecule has 13 heavy (non-hydrogen) atoms. The minimum atomic E-state index is 0.351. The standard InChI is InChI=1S/C11H22N2/c1-9-7-13(6)10(8-12(9)5)11(2,3)4/h10H,1,7-8H2,2-6H3. The molecule has 76 valence electrons. The lowest BCUT2D eigenvalue weighted by atomic mass is 9.84. The lowest BCUT2D eigenvalue weighted by molar-refractivity contribution is 0.0710. The average Bonchev–Trinajstić information content (AvgIpc) is 1.94. The van der Waals surface area contributed by atoms with Gasteiger partial charge in [0, 0.05) is 31.9 Å². The predicted octanol–water partition coefficient (Wildman–Crippen LogP) is 1.79. The normalized spacial score (nSPS) is 26.7. The largest absolute Gasteiger partial charge is 0.376 e. The van der Waals surface area contributed by atoms with Gasteiger partial charge in [-0.3, -0.25) is 4.90 Å². The number of piperazine rings is 1. The van der Waals surface area contributed by atoms with Crippen LogP contribution in [0.2, 0.25) is 0 Å². The maximum absolute atomic E-state index is 4.05. The van der Waals surface area contributed by atoms with Gasteiger partial charge in [0.25, 0.3) is 0 Å². The van der Waals surface area contributed by atoms with Crippen LogP contribution in [0.25, 0.3) is 0 Å². The summed E-state index contributed by atoms with van der Waals surface area (Å²) in [6.07, 6.45) is 0. The number of nitrogens with zero attached hydrogens (tertiary/aromatic N) is 2. The Bertz CT molecular complexity index is 203. The number of likely N-dealkylation sites (N-methyl/N-ethyl adjacent to an activating group) is 2. The summed E-state index contributed by atoms with van der Waals surface area (Å²) in [6.45, 7) is 13.0. The molecule has 0 spiro atoms. The molecule has 1 fully saturated rings. The monoisotopic (exact) mass is 182 g/mol. The first-order valence-electron chi connectivity index (χ1n) is 4.91. The van der Waals surface area contributed by atoms with Gasteiger partial charge in [0.2, 0.25) is 0 Å². The molecule has 0 aromatic rings. The Balaban J connectivity index is 2.72. The zero-order chi connectivity index (χ0) is 10.2. The van der Waals surface area contributed by atoms with Crippen LogP contribution in [0, 0.1) is 5.41 Å². The van der Waals surface area contributed by atoms with Crippen molar-refractivity contribution < 1.29 is 0 Å². The first-order chi connectivity index (χ1) is 5.82. The summed E-state index contributed by atoms with van der Waals surface area (Å²) in [5, 5.41) is 0. The van der Waals surface area contributed by atoms with Crippen molar-refractivity contribution in [3.05, 3.63) is 12.3 Å². The Morgan fingerprint density at radius 3 is 2.31 bits per heavy atom. The van der Waals surface area contributed by atoms with Gasteiger partial charge in [0.05, 0.1) is 0 Å². The van der Waals surface area contributed by atoms with Crippen LogP contribution in [0.5, 0.6) is 0 Å². The predicted molar refractivity (Wildman–Crippen MR) is 57.6 cm³/mol. The van der Waals surface area contributed by atoms with E-state index in [9.17, 15) is 0 Å². The van der Waals surface area contributed by atoms with Crippen LogP contribution in [-0.2, 0) is 0 Å². The molecular formula is C11H22N2. The van der Waals surface area contributed by atoms with Gasteiger partial charge in [-0.25, -0.2) is 0 Å². The topological polar surface area (TPSA) is 6.48 Å². The third-order valence-corrected chi connectivity index (χ3v) is 2.95. The molecule has 1 unspecified atom stereocenters. The van der Waals surface area contributed by atoms with Gasteiger partial charge < -0.3 is 4.90 Å². The number of hydrogen-bond donors (Lipinski definition) is 0. The molecule has 1 heterocycles. The molecular weight excluding hydrogens is 160 g/mol. The second kappa shape index (κ2) is 3.33. The maximum Gasteiger partial charge on any atom is 0.0378 e. The van der Waals surface area contributed by atoms with Gasteiger partial charge in [0.15, 0.2) is 0 Å². The smallest absolute Gasteiger partial charge is 0.0378 e. The highest BCUT2D eigenvalue weighted by Gasteiger charge is 2.33. The molecule has 1 aliphatic rings. The summed E-state index contributed by atoms with van der Waals surface area (Å²) in [5.74, 6) is 0. The number of rotatable bonds is 0. The molecule has 0 N–H and O–H groups in total. The molecule has 0 amide bonds. The molecule has 1 atom stereocenters. The van der Waals surface area contributed by atoms with Gasteiger partial charge in [-0.05, 0) is 12.5 Å². The summed E-state index contributed by atoms with van der Waals surface area (Å²) in [6, 6.07) is 0.628. The van der Waals surface area contributed by atoms with E-state index in [1.165, 1.54) is 5.70 Å². The lowest BCUT2D eigenvalue weighted by Gasteiger charge is -2.46. The highest BCUT2D eigenvalue weighted by Crippen LogP contribution is 2.28. The van der Waals surface area contributed by atoms with Gasteiger partial charge in [-0.2, -0.15) is 0 Å². The SMILES string of the molecule is C=C1CN(C)C(C(C)(C)C)CN1C. The fourth-order valence-corrected chi connectivity index (χ4v) is 1.98. The van der Waals surface area contributed by atoms with E-state index in [0.29, 0.717) is 11.5 Å². The fourth-order valence-electron chi connectivity index (χ4n) is 1.98. The fraction of sp³-hybridized carbons (Fsp3) is 0.818. The average molecular weight is 182 g/mol. The lowest BCUT2D eigenvalue weighted by Crippen LogP contribution is -2.54. The maximum atomic E-state index is 4.05. The van der Waals surface area contributed by atoms with Crippen molar-refractivity contribution in [1.82, 2.24) is 9.80 Å². The first kappa shape index (κ1) is 10.6. The van der Waals surface area contributed by atoms with Crippen LogP contribution in [-0.4, -0.2) is 43.0 Å². The third-order valence-electron chi connectivity index (χ3n) is 2.95. The van der Waals surface area contributed by atoms with E-state index in [4.69, 9.17) is 0 Å². The first-order valence-corrected chi connectivity index (χ1v) is 4.91. The van der Waals surface area contributed by atoms with Crippen molar-refractivity contribution in [3.63, 3.8) is 0 Å². The molecule has 1 saturated heterocycles. The summed E-state index contributed by atoms with van der Waals surface area (Å²) >= 11 is 0. The molecule has 1 rings (SSSR count). The molecule has 2 heteroatoms. The van der Waals surface area contributed by atoms with Crippen LogP contribution >= 0.6 is 0 Å². The van der Waals surface area contributed by atoms with Crippen LogP contribution in [0.4, 0.5) is 0 Å². The second-order valence-electron chi connectivity index (χ2n) is 5.24. The Kier molecular flexibility index (Phi) is 2.71. The highest BCUT2D eigenvalue weighted by molar-refractivity contribution is 5.04. The van der Waals surface area contributed by atoms with Crippen LogP contribution in [0.3, 0.4) is 0 Å².